The summed E-state index contributed by atoms with van der Waals surface area (Å²) < 4.78 is 0. The number of aliphatic hydroxyl groups is 1. The van der Waals surface area contributed by atoms with Crippen molar-refractivity contribution in [2.45, 2.75) is 64.7 Å². The van der Waals surface area contributed by atoms with Gasteiger partial charge >= 0.3 is 0 Å². The van der Waals surface area contributed by atoms with E-state index in [2.05, 4.69) is 0 Å². The van der Waals surface area contributed by atoms with E-state index >= 15 is 0 Å². The molecule has 0 heterocycles. The van der Waals surface area contributed by atoms with E-state index in [1.807, 2.05) is 12.1 Å². The van der Waals surface area contributed by atoms with Gasteiger partial charge in [0, 0.05) is 23.3 Å². The molecule has 1 aliphatic rings. The summed E-state index contributed by atoms with van der Waals surface area (Å²) in [5.74, 6) is 0.888. The Morgan fingerprint density at radius 1 is 0.769 bits per heavy atom. The average molecular weight is 375 g/mol. The fourth-order valence-electron chi connectivity index (χ4n) is 3.28. The smallest absolute Gasteiger partial charge is 0.200 e. The summed E-state index contributed by atoms with van der Waals surface area (Å²) in [6.07, 6.45) is 10.6. The molecule has 4 heteroatoms. The molecule has 3 nitrogen and oxygen atoms in total. The van der Waals surface area contributed by atoms with Gasteiger partial charge in [0.15, 0.2) is 11.6 Å². The zero-order chi connectivity index (χ0) is 18.8. The lowest BCUT2D eigenvalue weighted by Gasteiger charge is -2.18. The van der Waals surface area contributed by atoms with Gasteiger partial charge in [-0.1, -0.05) is 69.2 Å². The van der Waals surface area contributed by atoms with E-state index in [0.29, 0.717) is 28.2 Å². The first kappa shape index (κ1) is 20.9. The third-order valence-electron chi connectivity index (χ3n) is 4.85. The Kier molecular flexibility index (Phi) is 9.13. The number of aliphatic hydroxyl groups excluding tert-OH is 1. The highest BCUT2D eigenvalue weighted by molar-refractivity contribution is 8.04. The molecule has 0 unspecified atom stereocenters. The van der Waals surface area contributed by atoms with Crippen molar-refractivity contribution in [1.82, 2.24) is 0 Å². The maximum Gasteiger partial charge on any atom is 0.200 e. The summed E-state index contributed by atoms with van der Waals surface area (Å²) >= 11 is 1.54. The summed E-state index contributed by atoms with van der Waals surface area (Å²) in [5.41, 5.74) is 1.69. The number of unbranched alkanes of at least 4 members (excludes halogenated alkanes) is 8. The number of fused-ring (bicyclic) bond motifs is 1. The van der Waals surface area contributed by atoms with Crippen molar-refractivity contribution < 1.29 is 14.7 Å². The molecule has 0 bridgehead atoms. The molecule has 1 N–H and O–H groups in total. The van der Waals surface area contributed by atoms with Crippen molar-refractivity contribution in [3.05, 3.63) is 45.9 Å². The van der Waals surface area contributed by atoms with Crippen LogP contribution in [0.1, 0.15) is 85.4 Å². The van der Waals surface area contributed by atoms with E-state index < -0.39 is 0 Å². The van der Waals surface area contributed by atoms with Gasteiger partial charge in [-0.3, -0.25) is 9.59 Å². The lowest BCUT2D eigenvalue weighted by atomic mass is 9.90. The summed E-state index contributed by atoms with van der Waals surface area (Å²) in [4.78, 5) is 25.7. The molecule has 0 saturated heterocycles. The second-order valence-corrected chi connectivity index (χ2v) is 8.02. The summed E-state index contributed by atoms with van der Waals surface area (Å²) in [5, 5.41) is 8.73. The minimum atomic E-state index is -0.0103. The summed E-state index contributed by atoms with van der Waals surface area (Å²) in [6, 6.07) is 7.12. The number of hydrogen-bond acceptors (Lipinski definition) is 4. The Hall–Kier alpha value is -1.39. The standard InChI is InChI=1S/C22H30O3S/c1-17-20(24)18-13-9-10-14-19(18)21(25)22(17)26-16-12-8-6-4-2-3-5-7-11-15-23/h9-10,13-14,23H,2-8,11-12,15-16H2,1H3. The van der Waals surface area contributed by atoms with Crippen LogP contribution in [0.25, 0.3) is 0 Å². The first-order valence-electron chi connectivity index (χ1n) is 9.79. The number of Topliss-reactive ketones (excluding diaryl/α,β-unsaturated/α-hetero) is 2. The molecule has 0 fully saturated rings. The zero-order valence-corrected chi connectivity index (χ0v) is 16.6. The molecule has 142 valence electrons. The molecule has 0 spiro atoms. The van der Waals surface area contributed by atoms with Crippen LogP contribution >= 0.6 is 11.8 Å². The Bertz CT molecular complexity index is 649. The van der Waals surface area contributed by atoms with Crippen molar-refractivity contribution in [3.8, 4) is 0 Å². The molecular weight excluding hydrogens is 344 g/mol. The van der Waals surface area contributed by atoms with E-state index in [4.69, 9.17) is 5.11 Å². The van der Waals surface area contributed by atoms with Crippen LogP contribution in [0.4, 0.5) is 0 Å². The predicted octanol–water partition coefficient (Wildman–Crippen LogP) is 5.58. The van der Waals surface area contributed by atoms with E-state index in [0.717, 1.165) is 25.0 Å². The molecule has 0 saturated carbocycles. The first-order chi connectivity index (χ1) is 12.7. The van der Waals surface area contributed by atoms with Crippen LogP contribution in [0.2, 0.25) is 0 Å². The minimum Gasteiger partial charge on any atom is -0.396 e. The fraction of sp³-hybridized carbons (Fsp3) is 0.545. The number of allylic oxidation sites excluding steroid dienone is 2. The molecule has 0 radical (unpaired) electrons. The van der Waals surface area contributed by atoms with E-state index in [-0.39, 0.29) is 11.6 Å². The maximum absolute atomic E-state index is 12.6. The maximum atomic E-state index is 12.6. The number of hydrogen-bond donors (Lipinski definition) is 1. The van der Waals surface area contributed by atoms with Gasteiger partial charge in [-0.05, 0) is 25.5 Å². The van der Waals surface area contributed by atoms with Crippen molar-refractivity contribution in [2.24, 2.45) is 0 Å². The number of ketones is 2. The number of thioether (sulfide) groups is 1. The number of rotatable bonds is 12. The molecule has 0 amide bonds. The van der Waals surface area contributed by atoms with E-state index in [1.54, 1.807) is 30.8 Å². The topological polar surface area (TPSA) is 54.4 Å². The molecule has 1 aromatic carbocycles. The van der Waals surface area contributed by atoms with Crippen LogP contribution in [0.15, 0.2) is 34.7 Å². The van der Waals surface area contributed by atoms with E-state index in [9.17, 15) is 9.59 Å². The SMILES string of the molecule is CC1=C(SCCCCCCCCCCCO)C(=O)c2ccccc2C1=O. The number of benzene rings is 1. The van der Waals surface area contributed by atoms with Crippen molar-refractivity contribution in [2.75, 3.05) is 12.4 Å². The molecule has 0 aliphatic heterocycles. The molecule has 1 aromatic rings. The fourth-order valence-corrected chi connectivity index (χ4v) is 4.38. The van der Waals surface area contributed by atoms with Crippen LogP contribution in [0.5, 0.6) is 0 Å². The summed E-state index contributed by atoms with van der Waals surface area (Å²) in [7, 11) is 0. The van der Waals surface area contributed by atoms with Crippen molar-refractivity contribution in [3.63, 3.8) is 0 Å². The molecule has 1 aliphatic carbocycles. The summed E-state index contributed by atoms with van der Waals surface area (Å²) in [6.45, 7) is 2.09. The lowest BCUT2D eigenvalue weighted by molar-refractivity contribution is 0.0981. The number of carbonyl (C=O) groups excluding carboxylic acids is 2. The van der Waals surface area contributed by atoms with Crippen molar-refractivity contribution in [1.29, 1.82) is 0 Å². The third-order valence-corrected chi connectivity index (χ3v) is 6.13. The van der Waals surface area contributed by atoms with Crippen LogP contribution in [-0.4, -0.2) is 29.0 Å². The highest BCUT2D eigenvalue weighted by Gasteiger charge is 2.29. The minimum absolute atomic E-state index is 0.00517. The second kappa shape index (κ2) is 11.3. The normalized spacial score (nSPS) is 14.1. The lowest BCUT2D eigenvalue weighted by Crippen LogP contribution is -2.19. The van der Waals surface area contributed by atoms with Gasteiger partial charge in [0.1, 0.15) is 0 Å². The number of carbonyl (C=O) groups is 2. The Labute approximate surface area is 161 Å². The molecule has 0 aromatic heterocycles. The van der Waals surface area contributed by atoms with Gasteiger partial charge in [0.25, 0.3) is 0 Å². The molecule has 26 heavy (non-hydrogen) atoms. The van der Waals surface area contributed by atoms with Crippen LogP contribution in [0.3, 0.4) is 0 Å². The van der Waals surface area contributed by atoms with Crippen LogP contribution in [0, 0.1) is 0 Å². The largest absolute Gasteiger partial charge is 0.396 e. The second-order valence-electron chi connectivity index (χ2n) is 6.91. The van der Waals surface area contributed by atoms with Gasteiger partial charge in [0.2, 0.25) is 0 Å². The van der Waals surface area contributed by atoms with Gasteiger partial charge in [0.05, 0.1) is 4.91 Å². The Morgan fingerprint density at radius 2 is 1.27 bits per heavy atom. The first-order valence-corrected chi connectivity index (χ1v) is 10.8. The quantitative estimate of drug-likeness (QED) is 0.486. The third kappa shape index (κ3) is 5.82. The van der Waals surface area contributed by atoms with Crippen LogP contribution < -0.4 is 0 Å². The van der Waals surface area contributed by atoms with Crippen molar-refractivity contribution >= 4 is 23.3 Å². The van der Waals surface area contributed by atoms with Crippen LogP contribution in [-0.2, 0) is 0 Å². The Balaban J connectivity index is 1.66. The molecule has 0 atom stereocenters. The van der Waals surface area contributed by atoms with Gasteiger partial charge in [-0.2, -0.15) is 0 Å². The molecular formula is C22H30O3S. The highest BCUT2D eigenvalue weighted by atomic mass is 32.2. The van der Waals surface area contributed by atoms with Gasteiger partial charge < -0.3 is 5.11 Å². The predicted molar refractivity (Wildman–Crippen MR) is 109 cm³/mol. The van der Waals surface area contributed by atoms with Gasteiger partial charge in [-0.15, -0.1) is 11.8 Å². The zero-order valence-electron chi connectivity index (χ0n) is 15.8. The van der Waals surface area contributed by atoms with E-state index in [1.165, 1.54) is 38.5 Å². The monoisotopic (exact) mass is 374 g/mol. The highest BCUT2D eigenvalue weighted by Crippen LogP contribution is 2.33. The average Bonchev–Trinajstić information content (AvgIpc) is 2.66. The van der Waals surface area contributed by atoms with Gasteiger partial charge in [-0.25, -0.2) is 0 Å². The molecule has 2 rings (SSSR count). The Morgan fingerprint density at radius 3 is 1.85 bits per heavy atom.